The highest BCUT2D eigenvalue weighted by Gasteiger charge is 2.12. The Hall–Kier alpha value is -1.55. The summed E-state index contributed by atoms with van der Waals surface area (Å²) in [6.45, 7) is 6.14. The highest BCUT2D eigenvalue weighted by molar-refractivity contribution is 5.91. The molecule has 4 heteroatoms. The number of rotatable bonds is 7. The van der Waals surface area contributed by atoms with Crippen molar-refractivity contribution in [2.45, 2.75) is 26.8 Å². The van der Waals surface area contributed by atoms with Gasteiger partial charge in [0.25, 0.3) is 0 Å². The lowest BCUT2D eigenvalue weighted by Crippen LogP contribution is -2.23. The molecule has 4 nitrogen and oxygen atoms in total. The highest BCUT2D eigenvalue weighted by atomic mass is 16.5. The maximum absolute atomic E-state index is 11.1. The van der Waals surface area contributed by atoms with Crippen LogP contribution in [-0.2, 0) is 6.54 Å². The molecule has 1 N–H and O–H groups in total. The Bertz CT molecular complexity index is 431. The first-order chi connectivity index (χ1) is 8.97. The summed E-state index contributed by atoms with van der Waals surface area (Å²) in [5, 5.41) is 9.15. The average molecular weight is 265 g/mol. The van der Waals surface area contributed by atoms with Crippen LogP contribution in [0.2, 0.25) is 0 Å². The molecular formula is C15H23NO3. The molecule has 0 radical (unpaired) electrons. The van der Waals surface area contributed by atoms with E-state index in [0.717, 1.165) is 25.1 Å². The summed E-state index contributed by atoms with van der Waals surface area (Å²) in [6.07, 6.45) is 1.15. The molecule has 1 rings (SSSR count). The van der Waals surface area contributed by atoms with E-state index in [4.69, 9.17) is 9.84 Å². The minimum Gasteiger partial charge on any atom is -0.496 e. The van der Waals surface area contributed by atoms with Gasteiger partial charge < -0.3 is 14.7 Å². The van der Waals surface area contributed by atoms with E-state index >= 15 is 0 Å². The van der Waals surface area contributed by atoms with E-state index in [1.807, 2.05) is 6.07 Å². The Kier molecular flexibility index (Phi) is 5.83. The number of carboxylic acid groups (broad SMARTS) is 1. The fourth-order valence-electron chi connectivity index (χ4n) is 2.06. The van der Waals surface area contributed by atoms with Crippen molar-refractivity contribution in [2.24, 2.45) is 5.92 Å². The van der Waals surface area contributed by atoms with Crippen molar-refractivity contribution in [3.05, 3.63) is 29.3 Å². The SMILES string of the molecule is CCC(C)CN(C)Cc1ccc(OC)c(C(=O)O)c1. The lowest BCUT2D eigenvalue weighted by atomic mass is 10.1. The second kappa shape index (κ2) is 7.14. The molecule has 0 amide bonds. The van der Waals surface area contributed by atoms with Gasteiger partial charge in [-0.15, -0.1) is 0 Å². The van der Waals surface area contributed by atoms with Crippen molar-refractivity contribution >= 4 is 5.97 Å². The summed E-state index contributed by atoms with van der Waals surface area (Å²) in [4.78, 5) is 13.4. The molecule has 0 aromatic heterocycles. The molecule has 0 bridgehead atoms. The Morgan fingerprint density at radius 2 is 2.16 bits per heavy atom. The maximum Gasteiger partial charge on any atom is 0.339 e. The van der Waals surface area contributed by atoms with Gasteiger partial charge in [-0.3, -0.25) is 0 Å². The van der Waals surface area contributed by atoms with Gasteiger partial charge in [0, 0.05) is 13.1 Å². The molecule has 1 aromatic rings. The lowest BCUT2D eigenvalue weighted by molar-refractivity contribution is 0.0693. The summed E-state index contributed by atoms with van der Waals surface area (Å²) < 4.78 is 5.05. The molecule has 0 heterocycles. The van der Waals surface area contributed by atoms with Gasteiger partial charge in [-0.2, -0.15) is 0 Å². The van der Waals surface area contributed by atoms with Crippen LogP contribution in [0.4, 0.5) is 0 Å². The Morgan fingerprint density at radius 3 is 2.68 bits per heavy atom. The lowest BCUT2D eigenvalue weighted by Gasteiger charge is -2.20. The normalized spacial score (nSPS) is 12.5. The molecule has 0 aliphatic rings. The summed E-state index contributed by atoms with van der Waals surface area (Å²) in [7, 11) is 3.54. The molecule has 19 heavy (non-hydrogen) atoms. The van der Waals surface area contributed by atoms with Crippen molar-refractivity contribution in [3.63, 3.8) is 0 Å². The molecule has 0 saturated carbocycles. The fraction of sp³-hybridized carbons (Fsp3) is 0.533. The van der Waals surface area contributed by atoms with E-state index in [0.29, 0.717) is 11.7 Å². The highest BCUT2D eigenvalue weighted by Crippen LogP contribution is 2.20. The summed E-state index contributed by atoms with van der Waals surface area (Å²) >= 11 is 0. The first-order valence-electron chi connectivity index (χ1n) is 6.56. The number of nitrogens with zero attached hydrogens (tertiary/aromatic N) is 1. The predicted molar refractivity (Wildman–Crippen MR) is 75.7 cm³/mol. The van der Waals surface area contributed by atoms with Gasteiger partial charge in [0.2, 0.25) is 0 Å². The number of aromatic carboxylic acids is 1. The van der Waals surface area contributed by atoms with Gasteiger partial charge in [0.15, 0.2) is 0 Å². The largest absolute Gasteiger partial charge is 0.496 e. The third-order valence-corrected chi connectivity index (χ3v) is 3.27. The molecule has 0 fully saturated rings. The summed E-state index contributed by atoms with van der Waals surface area (Å²) in [6, 6.07) is 5.32. The van der Waals surface area contributed by atoms with Crippen molar-refractivity contribution in [2.75, 3.05) is 20.7 Å². The Balaban J connectivity index is 2.79. The van der Waals surface area contributed by atoms with Gasteiger partial charge >= 0.3 is 5.97 Å². The Labute approximate surface area is 115 Å². The van der Waals surface area contributed by atoms with Gasteiger partial charge in [0.1, 0.15) is 11.3 Å². The minimum atomic E-state index is -0.955. The predicted octanol–water partition coefficient (Wildman–Crippen LogP) is 2.87. The quantitative estimate of drug-likeness (QED) is 0.823. The van der Waals surface area contributed by atoms with E-state index in [1.165, 1.54) is 7.11 Å². The molecule has 0 aliphatic carbocycles. The number of carboxylic acids is 1. The van der Waals surface area contributed by atoms with Gasteiger partial charge in [-0.1, -0.05) is 26.3 Å². The third-order valence-electron chi connectivity index (χ3n) is 3.27. The number of methoxy groups -OCH3 is 1. The monoisotopic (exact) mass is 265 g/mol. The van der Waals surface area contributed by atoms with Crippen LogP contribution in [0.25, 0.3) is 0 Å². The van der Waals surface area contributed by atoms with Crippen LogP contribution in [0, 0.1) is 5.92 Å². The van der Waals surface area contributed by atoms with Crippen LogP contribution in [0.1, 0.15) is 36.2 Å². The average Bonchev–Trinajstić information content (AvgIpc) is 2.38. The number of hydrogen-bond donors (Lipinski definition) is 1. The van der Waals surface area contributed by atoms with Crippen molar-refractivity contribution in [3.8, 4) is 5.75 Å². The summed E-state index contributed by atoms with van der Waals surface area (Å²) in [5.41, 5.74) is 1.21. The standard InChI is InChI=1S/C15H23NO3/c1-5-11(2)9-16(3)10-12-6-7-14(19-4)13(8-12)15(17)18/h6-8,11H,5,9-10H2,1-4H3,(H,17,18). The van der Waals surface area contributed by atoms with Gasteiger partial charge in [-0.05, 0) is 30.7 Å². The van der Waals surface area contributed by atoms with Gasteiger partial charge in [-0.25, -0.2) is 4.79 Å². The van der Waals surface area contributed by atoms with Crippen molar-refractivity contribution in [1.82, 2.24) is 4.90 Å². The first-order valence-corrected chi connectivity index (χ1v) is 6.56. The minimum absolute atomic E-state index is 0.219. The maximum atomic E-state index is 11.1. The smallest absolute Gasteiger partial charge is 0.339 e. The number of benzene rings is 1. The van der Waals surface area contributed by atoms with Gasteiger partial charge in [0.05, 0.1) is 7.11 Å². The number of carbonyl (C=O) groups is 1. The second-order valence-corrected chi connectivity index (χ2v) is 5.05. The van der Waals surface area contributed by atoms with E-state index < -0.39 is 5.97 Å². The molecule has 0 saturated heterocycles. The molecular weight excluding hydrogens is 242 g/mol. The van der Waals surface area contributed by atoms with Crippen LogP contribution in [0.3, 0.4) is 0 Å². The molecule has 1 aromatic carbocycles. The zero-order chi connectivity index (χ0) is 14.4. The molecule has 1 unspecified atom stereocenters. The van der Waals surface area contributed by atoms with E-state index in [9.17, 15) is 4.79 Å². The van der Waals surface area contributed by atoms with Crippen LogP contribution in [0.5, 0.6) is 5.75 Å². The molecule has 106 valence electrons. The Morgan fingerprint density at radius 1 is 1.47 bits per heavy atom. The van der Waals surface area contributed by atoms with Crippen LogP contribution in [0.15, 0.2) is 18.2 Å². The molecule has 0 aliphatic heterocycles. The zero-order valence-corrected chi connectivity index (χ0v) is 12.1. The molecule has 1 atom stereocenters. The van der Waals surface area contributed by atoms with E-state index in [2.05, 4.69) is 25.8 Å². The van der Waals surface area contributed by atoms with E-state index in [-0.39, 0.29) is 5.56 Å². The zero-order valence-electron chi connectivity index (χ0n) is 12.1. The molecule has 0 spiro atoms. The van der Waals surface area contributed by atoms with Crippen molar-refractivity contribution < 1.29 is 14.6 Å². The first kappa shape index (κ1) is 15.5. The number of hydrogen-bond acceptors (Lipinski definition) is 3. The van der Waals surface area contributed by atoms with Crippen LogP contribution in [-0.4, -0.2) is 36.7 Å². The van der Waals surface area contributed by atoms with E-state index in [1.54, 1.807) is 12.1 Å². The summed E-state index contributed by atoms with van der Waals surface area (Å²) in [5.74, 6) is 0.0892. The number of ether oxygens (including phenoxy) is 1. The van der Waals surface area contributed by atoms with Crippen LogP contribution >= 0.6 is 0 Å². The second-order valence-electron chi connectivity index (χ2n) is 5.05. The third kappa shape index (κ3) is 4.56. The fourth-order valence-corrected chi connectivity index (χ4v) is 2.06. The topological polar surface area (TPSA) is 49.8 Å². The van der Waals surface area contributed by atoms with Crippen LogP contribution < -0.4 is 4.74 Å². The van der Waals surface area contributed by atoms with Crippen molar-refractivity contribution in [1.29, 1.82) is 0 Å².